The van der Waals surface area contributed by atoms with Gasteiger partial charge in [0, 0.05) is 19.3 Å². The van der Waals surface area contributed by atoms with Gasteiger partial charge in [-0.15, -0.1) is 0 Å². The van der Waals surface area contributed by atoms with E-state index in [-0.39, 0.29) is 11.9 Å². The van der Waals surface area contributed by atoms with E-state index in [1.807, 2.05) is 41.8 Å². The molecule has 100 valence electrons. The van der Waals surface area contributed by atoms with Crippen molar-refractivity contribution in [3.05, 3.63) is 54.1 Å². The zero-order valence-electron chi connectivity index (χ0n) is 10.9. The predicted octanol–water partition coefficient (Wildman–Crippen LogP) is 1.33. The third-order valence-corrected chi connectivity index (χ3v) is 2.90. The van der Waals surface area contributed by atoms with Crippen molar-refractivity contribution < 1.29 is 4.79 Å². The molecule has 5 heteroatoms. The molecule has 0 radical (unpaired) electrons. The molecule has 3 N–H and O–H groups in total. The lowest BCUT2D eigenvalue weighted by Gasteiger charge is -2.13. The second-order valence-corrected chi connectivity index (χ2v) is 4.39. The molecule has 1 atom stereocenters. The van der Waals surface area contributed by atoms with Gasteiger partial charge in [-0.1, -0.05) is 30.3 Å². The van der Waals surface area contributed by atoms with Crippen molar-refractivity contribution in [3.63, 3.8) is 0 Å². The third kappa shape index (κ3) is 3.42. The van der Waals surface area contributed by atoms with E-state index in [2.05, 4.69) is 10.3 Å². The summed E-state index contributed by atoms with van der Waals surface area (Å²) >= 11 is 0. The molecule has 0 fully saturated rings. The maximum absolute atomic E-state index is 12.0. The fraction of sp³-hybridized carbons (Fsp3) is 0.286. The lowest BCUT2D eigenvalue weighted by molar-refractivity contribution is 0.0935. The maximum atomic E-state index is 12.0. The fourth-order valence-corrected chi connectivity index (χ4v) is 1.84. The van der Waals surface area contributed by atoms with Crippen LogP contribution in [0.25, 0.3) is 0 Å². The summed E-state index contributed by atoms with van der Waals surface area (Å²) in [4.78, 5) is 16.1. The summed E-state index contributed by atoms with van der Waals surface area (Å²) in [6, 6.07) is 9.78. The van der Waals surface area contributed by atoms with Crippen molar-refractivity contribution in [1.82, 2.24) is 14.9 Å². The van der Waals surface area contributed by atoms with Crippen LogP contribution in [0.1, 0.15) is 29.0 Å². The number of carbonyl (C=O) groups excluding carboxylic acids is 1. The average molecular weight is 258 g/mol. The fourth-order valence-electron chi connectivity index (χ4n) is 1.84. The highest BCUT2D eigenvalue weighted by atomic mass is 16.1. The number of nitrogens with one attached hydrogen (secondary N) is 1. The van der Waals surface area contributed by atoms with E-state index in [4.69, 9.17) is 5.73 Å². The van der Waals surface area contributed by atoms with Crippen LogP contribution in [0.15, 0.2) is 42.9 Å². The summed E-state index contributed by atoms with van der Waals surface area (Å²) in [5.74, 6) is -0.174. The van der Waals surface area contributed by atoms with E-state index in [1.54, 1.807) is 12.5 Å². The normalized spacial score (nSPS) is 12.1. The number of nitrogens with two attached hydrogens (primary N) is 1. The van der Waals surface area contributed by atoms with Gasteiger partial charge in [-0.05, 0) is 12.5 Å². The summed E-state index contributed by atoms with van der Waals surface area (Å²) in [5.41, 5.74) is 6.93. The first-order chi connectivity index (χ1) is 9.20. The van der Waals surface area contributed by atoms with Crippen LogP contribution < -0.4 is 11.1 Å². The Hall–Kier alpha value is -2.14. The molecule has 19 heavy (non-hydrogen) atoms. The topological polar surface area (TPSA) is 72.9 Å². The standard InChI is InChI=1S/C14H18N4O/c1-11(12-5-3-2-4-6-12)17-14(19)13-9-18(8-7-15)10-16-13/h2-6,9-11H,7-8,15H2,1H3,(H,17,19)/t11-/m0/s1. The Morgan fingerprint density at radius 2 is 2.16 bits per heavy atom. The molecular formula is C14H18N4O. The van der Waals surface area contributed by atoms with Crippen molar-refractivity contribution in [2.45, 2.75) is 19.5 Å². The van der Waals surface area contributed by atoms with Crippen LogP contribution in [0.2, 0.25) is 0 Å². The van der Waals surface area contributed by atoms with Gasteiger partial charge < -0.3 is 15.6 Å². The van der Waals surface area contributed by atoms with Crippen molar-refractivity contribution in [1.29, 1.82) is 0 Å². The quantitative estimate of drug-likeness (QED) is 0.849. The van der Waals surface area contributed by atoms with Crippen LogP contribution in [0.4, 0.5) is 0 Å². The van der Waals surface area contributed by atoms with Crippen LogP contribution in [0.5, 0.6) is 0 Å². The Bertz CT molecular complexity index is 535. The van der Waals surface area contributed by atoms with E-state index in [0.29, 0.717) is 18.8 Å². The molecule has 5 nitrogen and oxygen atoms in total. The van der Waals surface area contributed by atoms with Crippen LogP contribution in [0.3, 0.4) is 0 Å². The second-order valence-electron chi connectivity index (χ2n) is 4.39. The lowest BCUT2D eigenvalue weighted by Crippen LogP contribution is -2.26. The molecule has 1 aromatic carbocycles. The number of rotatable bonds is 5. The minimum absolute atomic E-state index is 0.0478. The first kappa shape index (κ1) is 13.3. The smallest absolute Gasteiger partial charge is 0.271 e. The lowest BCUT2D eigenvalue weighted by atomic mass is 10.1. The van der Waals surface area contributed by atoms with E-state index >= 15 is 0 Å². The molecular weight excluding hydrogens is 240 g/mol. The molecule has 0 saturated carbocycles. The molecule has 2 aromatic rings. The van der Waals surface area contributed by atoms with Crippen LogP contribution in [-0.4, -0.2) is 22.0 Å². The van der Waals surface area contributed by atoms with Crippen molar-refractivity contribution >= 4 is 5.91 Å². The van der Waals surface area contributed by atoms with Crippen molar-refractivity contribution in [2.24, 2.45) is 5.73 Å². The molecule has 0 aliphatic heterocycles. The van der Waals surface area contributed by atoms with Crippen molar-refractivity contribution in [3.8, 4) is 0 Å². The Morgan fingerprint density at radius 3 is 2.84 bits per heavy atom. The molecule has 0 bridgehead atoms. The number of aromatic nitrogens is 2. The largest absolute Gasteiger partial charge is 0.344 e. The number of imidazole rings is 1. The Labute approximate surface area is 112 Å². The Balaban J connectivity index is 2.00. The first-order valence-electron chi connectivity index (χ1n) is 6.28. The summed E-state index contributed by atoms with van der Waals surface area (Å²) in [6.07, 6.45) is 3.33. The highest BCUT2D eigenvalue weighted by Gasteiger charge is 2.13. The number of benzene rings is 1. The molecule has 0 unspecified atom stereocenters. The average Bonchev–Trinajstić information content (AvgIpc) is 2.89. The number of nitrogens with zero attached hydrogens (tertiary/aromatic N) is 2. The molecule has 0 saturated heterocycles. The highest BCUT2D eigenvalue weighted by Crippen LogP contribution is 2.11. The second kappa shape index (κ2) is 6.15. The van der Waals surface area contributed by atoms with Gasteiger partial charge in [-0.3, -0.25) is 4.79 Å². The number of carbonyl (C=O) groups is 1. The zero-order chi connectivity index (χ0) is 13.7. The van der Waals surface area contributed by atoms with Gasteiger partial charge in [0.05, 0.1) is 12.4 Å². The van der Waals surface area contributed by atoms with Gasteiger partial charge in [0.25, 0.3) is 5.91 Å². The highest BCUT2D eigenvalue weighted by molar-refractivity contribution is 5.92. The first-order valence-corrected chi connectivity index (χ1v) is 6.28. The molecule has 1 aromatic heterocycles. The summed E-state index contributed by atoms with van der Waals surface area (Å²) in [7, 11) is 0. The molecule has 0 aliphatic rings. The zero-order valence-corrected chi connectivity index (χ0v) is 10.9. The van der Waals surface area contributed by atoms with Gasteiger partial charge >= 0.3 is 0 Å². The number of amides is 1. The minimum atomic E-state index is -0.174. The number of hydrogen-bond acceptors (Lipinski definition) is 3. The summed E-state index contributed by atoms with van der Waals surface area (Å²) in [5, 5.41) is 2.92. The summed E-state index contributed by atoms with van der Waals surface area (Å²) in [6.45, 7) is 3.14. The van der Waals surface area contributed by atoms with E-state index in [9.17, 15) is 4.79 Å². The van der Waals surface area contributed by atoms with Gasteiger partial charge in [-0.25, -0.2) is 4.98 Å². The third-order valence-electron chi connectivity index (χ3n) is 2.90. The van der Waals surface area contributed by atoms with E-state index < -0.39 is 0 Å². The molecule has 1 amide bonds. The Kier molecular flexibility index (Phi) is 4.30. The predicted molar refractivity (Wildman–Crippen MR) is 73.6 cm³/mol. The molecule has 1 heterocycles. The molecule has 0 aliphatic carbocycles. The maximum Gasteiger partial charge on any atom is 0.271 e. The molecule has 2 rings (SSSR count). The number of hydrogen-bond donors (Lipinski definition) is 2. The van der Waals surface area contributed by atoms with Crippen LogP contribution >= 0.6 is 0 Å². The van der Waals surface area contributed by atoms with Crippen molar-refractivity contribution in [2.75, 3.05) is 6.54 Å². The van der Waals surface area contributed by atoms with Gasteiger partial charge in [0.1, 0.15) is 5.69 Å². The van der Waals surface area contributed by atoms with E-state index in [0.717, 1.165) is 5.56 Å². The SMILES string of the molecule is C[C@H](NC(=O)c1cn(CCN)cn1)c1ccccc1. The summed E-state index contributed by atoms with van der Waals surface area (Å²) < 4.78 is 1.81. The van der Waals surface area contributed by atoms with E-state index in [1.165, 1.54) is 0 Å². The van der Waals surface area contributed by atoms with Crippen LogP contribution in [0, 0.1) is 0 Å². The monoisotopic (exact) mass is 258 g/mol. The van der Waals surface area contributed by atoms with Gasteiger partial charge in [0.2, 0.25) is 0 Å². The van der Waals surface area contributed by atoms with Gasteiger partial charge in [-0.2, -0.15) is 0 Å². The Morgan fingerprint density at radius 1 is 1.42 bits per heavy atom. The minimum Gasteiger partial charge on any atom is -0.344 e. The van der Waals surface area contributed by atoms with Gasteiger partial charge in [0.15, 0.2) is 0 Å². The van der Waals surface area contributed by atoms with Crippen LogP contribution in [-0.2, 0) is 6.54 Å². The molecule has 0 spiro atoms.